The maximum atomic E-state index is 12.3. The van der Waals surface area contributed by atoms with Gasteiger partial charge < -0.3 is 15.0 Å². The van der Waals surface area contributed by atoms with E-state index in [1.165, 1.54) is 18.0 Å². The number of aromatic nitrogens is 3. The lowest BCUT2D eigenvalue weighted by atomic mass is 9.97. The highest BCUT2D eigenvalue weighted by atomic mass is 16.5. The molecule has 1 aliphatic heterocycles. The van der Waals surface area contributed by atoms with Crippen LogP contribution in [-0.2, 0) is 25.7 Å². The van der Waals surface area contributed by atoms with Crippen molar-refractivity contribution in [1.82, 2.24) is 19.9 Å². The number of nitrogens with zero attached hydrogens (tertiary/aromatic N) is 4. The number of piperidine rings is 1. The maximum absolute atomic E-state index is 12.3. The van der Waals surface area contributed by atoms with Gasteiger partial charge in [-0.15, -0.1) is 5.10 Å². The van der Waals surface area contributed by atoms with E-state index in [1.54, 1.807) is 18.7 Å². The Bertz CT molecular complexity index is 605. The van der Waals surface area contributed by atoms with Crippen LogP contribution in [0.3, 0.4) is 0 Å². The van der Waals surface area contributed by atoms with E-state index in [0.29, 0.717) is 31.7 Å². The van der Waals surface area contributed by atoms with Crippen molar-refractivity contribution in [2.24, 2.45) is 11.8 Å². The van der Waals surface area contributed by atoms with Crippen LogP contribution in [0.15, 0.2) is 6.20 Å². The van der Waals surface area contributed by atoms with Crippen molar-refractivity contribution in [2.45, 2.75) is 33.2 Å². The zero-order valence-corrected chi connectivity index (χ0v) is 14.2. The van der Waals surface area contributed by atoms with Crippen LogP contribution >= 0.6 is 0 Å². The number of anilines is 1. The van der Waals surface area contributed by atoms with Gasteiger partial charge >= 0.3 is 5.97 Å². The summed E-state index contributed by atoms with van der Waals surface area (Å²) in [5.74, 6) is -0.436. The Morgan fingerprint density at radius 1 is 1.33 bits per heavy atom. The molecule has 1 saturated heterocycles. The summed E-state index contributed by atoms with van der Waals surface area (Å²) < 4.78 is 6.13. The number of carbonyl (C=O) groups excluding carboxylic acids is 3. The summed E-state index contributed by atoms with van der Waals surface area (Å²) in [6.45, 7) is 4.64. The average Bonchev–Trinajstić information content (AvgIpc) is 3.01. The molecule has 132 valence electrons. The molecule has 0 aliphatic carbocycles. The van der Waals surface area contributed by atoms with Gasteiger partial charge in [0, 0.05) is 19.0 Å². The highest BCUT2D eigenvalue weighted by Crippen LogP contribution is 2.18. The van der Waals surface area contributed by atoms with Gasteiger partial charge in [-0.25, -0.2) is 4.68 Å². The van der Waals surface area contributed by atoms with Crippen LogP contribution in [0.1, 0.15) is 26.7 Å². The van der Waals surface area contributed by atoms with Gasteiger partial charge in [0.05, 0.1) is 19.2 Å². The second kappa shape index (κ2) is 7.89. The zero-order chi connectivity index (χ0) is 17.7. The van der Waals surface area contributed by atoms with Crippen LogP contribution < -0.4 is 5.32 Å². The van der Waals surface area contributed by atoms with Crippen molar-refractivity contribution in [1.29, 1.82) is 0 Å². The lowest BCUT2D eigenvalue weighted by Crippen LogP contribution is -2.42. The molecule has 0 spiro atoms. The van der Waals surface area contributed by atoms with Crippen molar-refractivity contribution >= 4 is 23.6 Å². The Kier molecular flexibility index (Phi) is 5.88. The van der Waals surface area contributed by atoms with Crippen molar-refractivity contribution in [3.05, 3.63) is 6.20 Å². The van der Waals surface area contributed by atoms with Crippen LogP contribution in [0.5, 0.6) is 0 Å². The highest BCUT2D eigenvalue weighted by Gasteiger charge is 2.28. The second-order valence-electron chi connectivity index (χ2n) is 6.12. The summed E-state index contributed by atoms with van der Waals surface area (Å²) >= 11 is 0. The number of rotatable bonds is 5. The molecular formula is C15H23N5O4. The standard InChI is InChI=1S/C15H23N5O4/c1-10(2)14(22)16-12-8-20(18-17-12)9-13(21)19-6-4-11(5-7-19)15(23)24-3/h8,10-11H,4-7,9H2,1-3H3,(H,16,22). The molecule has 1 N–H and O–H groups in total. The number of methoxy groups -OCH3 is 1. The van der Waals surface area contributed by atoms with Crippen LogP contribution in [-0.4, -0.2) is 57.9 Å². The number of esters is 1. The molecule has 0 unspecified atom stereocenters. The van der Waals surface area contributed by atoms with Gasteiger partial charge in [-0.3, -0.25) is 14.4 Å². The summed E-state index contributed by atoms with van der Waals surface area (Å²) in [5.41, 5.74) is 0. The fraction of sp³-hybridized carbons (Fsp3) is 0.667. The smallest absolute Gasteiger partial charge is 0.308 e. The molecule has 9 heteroatoms. The third-order valence-corrected chi connectivity index (χ3v) is 3.99. The van der Waals surface area contributed by atoms with E-state index in [2.05, 4.69) is 15.6 Å². The molecule has 9 nitrogen and oxygen atoms in total. The molecule has 0 radical (unpaired) electrons. The number of likely N-dealkylation sites (tertiary alicyclic amines) is 1. The third-order valence-electron chi connectivity index (χ3n) is 3.99. The van der Waals surface area contributed by atoms with Gasteiger partial charge in [0.15, 0.2) is 5.82 Å². The predicted octanol–water partition coefficient (Wildman–Crippen LogP) is 0.284. The third kappa shape index (κ3) is 4.53. The summed E-state index contributed by atoms with van der Waals surface area (Å²) in [5, 5.41) is 10.3. The van der Waals surface area contributed by atoms with E-state index in [1.807, 2.05) is 0 Å². The predicted molar refractivity (Wildman–Crippen MR) is 84.8 cm³/mol. The minimum Gasteiger partial charge on any atom is -0.469 e. The number of amides is 2. The second-order valence-corrected chi connectivity index (χ2v) is 6.12. The van der Waals surface area contributed by atoms with Crippen LogP contribution in [0.25, 0.3) is 0 Å². The molecule has 2 rings (SSSR count). The van der Waals surface area contributed by atoms with Crippen LogP contribution in [0, 0.1) is 11.8 Å². The molecule has 1 fully saturated rings. The number of carbonyl (C=O) groups is 3. The Morgan fingerprint density at radius 3 is 2.58 bits per heavy atom. The first-order chi connectivity index (χ1) is 11.4. The molecule has 2 heterocycles. The Morgan fingerprint density at radius 2 is 2.00 bits per heavy atom. The average molecular weight is 337 g/mol. The van der Waals surface area contributed by atoms with E-state index >= 15 is 0 Å². The fourth-order valence-electron chi connectivity index (χ4n) is 2.47. The quantitative estimate of drug-likeness (QED) is 0.774. The molecule has 0 aromatic carbocycles. The molecule has 1 aromatic rings. The van der Waals surface area contributed by atoms with E-state index < -0.39 is 0 Å². The van der Waals surface area contributed by atoms with E-state index in [-0.39, 0.29) is 36.2 Å². The molecule has 24 heavy (non-hydrogen) atoms. The molecule has 1 aliphatic rings. The van der Waals surface area contributed by atoms with Gasteiger partial charge in [-0.1, -0.05) is 19.1 Å². The largest absolute Gasteiger partial charge is 0.469 e. The maximum Gasteiger partial charge on any atom is 0.308 e. The van der Waals surface area contributed by atoms with Crippen LogP contribution in [0.2, 0.25) is 0 Å². The Balaban J connectivity index is 1.84. The monoisotopic (exact) mass is 337 g/mol. The molecule has 0 saturated carbocycles. The lowest BCUT2D eigenvalue weighted by Gasteiger charge is -2.30. The van der Waals surface area contributed by atoms with Gasteiger partial charge in [0.25, 0.3) is 0 Å². The Hall–Kier alpha value is -2.45. The van der Waals surface area contributed by atoms with Crippen molar-refractivity contribution < 1.29 is 19.1 Å². The normalized spacial score (nSPS) is 15.4. The zero-order valence-electron chi connectivity index (χ0n) is 14.2. The van der Waals surface area contributed by atoms with Gasteiger partial charge in [0.2, 0.25) is 11.8 Å². The molecular weight excluding hydrogens is 314 g/mol. The van der Waals surface area contributed by atoms with Gasteiger partial charge in [0.1, 0.15) is 6.54 Å². The minimum absolute atomic E-state index is 0.0490. The summed E-state index contributed by atoms with van der Waals surface area (Å²) in [6.07, 6.45) is 2.73. The summed E-state index contributed by atoms with van der Waals surface area (Å²) in [6, 6.07) is 0. The minimum atomic E-state index is -0.219. The summed E-state index contributed by atoms with van der Waals surface area (Å²) in [4.78, 5) is 37.1. The van der Waals surface area contributed by atoms with Gasteiger partial charge in [-0.05, 0) is 12.8 Å². The first kappa shape index (κ1) is 17.9. The van der Waals surface area contributed by atoms with Crippen molar-refractivity contribution in [2.75, 3.05) is 25.5 Å². The molecule has 0 atom stereocenters. The number of hydrogen-bond donors (Lipinski definition) is 1. The highest BCUT2D eigenvalue weighted by molar-refractivity contribution is 5.90. The topological polar surface area (TPSA) is 106 Å². The number of ether oxygens (including phenoxy) is 1. The molecule has 1 aromatic heterocycles. The van der Waals surface area contributed by atoms with E-state index in [0.717, 1.165) is 0 Å². The first-order valence-electron chi connectivity index (χ1n) is 7.97. The first-order valence-corrected chi connectivity index (χ1v) is 7.97. The van der Waals surface area contributed by atoms with Crippen molar-refractivity contribution in [3.63, 3.8) is 0 Å². The van der Waals surface area contributed by atoms with Crippen molar-refractivity contribution in [3.8, 4) is 0 Å². The fourth-order valence-corrected chi connectivity index (χ4v) is 2.47. The summed E-state index contributed by atoms with van der Waals surface area (Å²) in [7, 11) is 1.38. The molecule has 0 bridgehead atoms. The van der Waals surface area contributed by atoms with E-state index in [4.69, 9.17) is 4.74 Å². The van der Waals surface area contributed by atoms with E-state index in [9.17, 15) is 14.4 Å². The molecule has 2 amide bonds. The number of nitrogens with one attached hydrogen (secondary N) is 1. The SMILES string of the molecule is COC(=O)C1CCN(C(=O)Cn2cc(NC(=O)C(C)C)nn2)CC1. The lowest BCUT2D eigenvalue weighted by molar-refractivity contribution is -0.149. The Labute approximate surface area is 140 Å². The number of hydrogen-bond acceptors (Lipinski definition) is 6. The van der Waals surface area contributed by atoms with Crippen LogP contribution in [0.4, 0.5) is 5.82 Å². The van der Waals surface area contributed by atoms with Gasteiger partial charge in [-0.2, -0.15) is 0 Å².